The van der Waals surface area contributed by atoms with Crippen LogP contribution in [0.4, 0.5) is 0 Å². The summed E-state index contributed by atoms with van der Waals surface area (Å²) in [6.45, 7) is 10.00. The molecular formula is C19H23N5OS3. The van der Waals surface area contributed by atoms with Gasteiger partial charge in [-0.25, -0.2) is 9.97 Å². The van der Waals surface area contributed by atoms with Crippen LogP contribution >= 0.6 is 34.2 Å². The molecule has 28 heavy (non-hydrogen) atoms. The molecule has 148 valence electrons. The largest absolute Gasteiger partial charge is 0.337 e. The number of rotatable bonds is 3. The lowest BCUT2D eigenvalue weighted by atomic mass is 9.93. The van der Waals surface area contributed by atoms with E-state index in [0.717, 1.165) is 47.2 Å². The van der Waals surface area contributed by atoms with Crippen molar-refractivity contribution < 1.29 is 4.79 Å². The van der Waals surface area contributed by atoms with Gasteiger partial charge in [-0.3, -0.25) is 4.79 Å². The fraction of sp³-hybridized carbons (Fsp3) is 0.526. The van der Waals surface area contributed by atoms with Crippen molar-refractivity contribution in [2.45, 2.75) is 51.9 Å². The number of hydrogen-bond donors (Lipinski definition) is 0. The van der Waals surface area contributed by atoms with E-state index >= 15 is 0 Å². The number of amides is 1. The monoisotopic (exact) mass is 433 g/mol. The third kappa shape index (κ3) is 3.88. The zero-order valence-corrected chi connectivity index (χ0v) is 18.9. The van der Waals surface area contributed by atoms with Gasteiger partial charge in [-0.15, -0.1) is 27.8 Å². The Morgan fingerprint density at radius 2 is 1.89 bits per heavy atom. The molecule has 6 nitrogen and oxygen atoms in total. The lowest BCUT2D eigenvalue weighted by molar-refractivity contribution is 0.0708. The van der Waals surface area contributed by atoms with Gasteiger partial charge in [0.15, 0.2) is 0 Å². The van der Waals surface area contributed by atoms with Crippen molar-refractivity contribution in [3.8, 4) is 9.88 Å². The first-order valence-electron chi connectivity index (χ1n) is 9.33. The number of carbonyl (C=O) groups excluding carboxylic acids is 1. The molecule has 4 rings (SSSR count). The normalized spacial score (nSPS) is 15.9. The smallest absolute Gasteiger partial charge is 0.273 e. The summed E-state index contributed by atoms with van der Waals surface area (Å²) in [5.41, 5.74) is 2.63. The molecule has 0 N–H and O–H groups in total. The summed E-state index contributed by atoms with van der Waals surface area (Å²) >= 11 is 4.56. The molecule has 1 aliphatic rings. The van der Waals surface area contributed by atoms with E-state index in [4.69, 9.17) is 4.98 Å². The summed E-state index contributed by atoms with van der Waals surface area (Å²) in [4.78, 5) is 25.2. The Kier molecular flexibility index (Phi) is 5.32. The minimum absolute atomic E-state index is 0.0191. The quantitative estimate of drug-likeness (QED) is 0.596. The molecule has 1 amide bonds. The molecule has 0 aromatic carbocycles. The molecule has 1 fully saturated rings. The summed E-state index contributed by atoms with van der Waals surface area (Å²) in [7, 11) is 0. The maximum atomic E-state index is 12.9. The molecule has 0 aliphatic carbocycles. The molecule has 3 aromatic rings. The number of piperidine rings is 1. The van der Waals surface area contributed by atoms with Crippen LogP contribution in [0.2, 0.25) is 0 Å². The predicted octanol–water partition coefficient (Wildman–Crippen LogP) is 4.74. The average molecular weight is 434 g/mol. The van der Waals surface area contributed by atoms with Gasteiger partial charge in [0.1, 0.15) is 15.6 Å². The molecule has 9 heteroatoms. The van der Waals surface area contributed by atoms with Crippen molar-refractivity contribution in [3.63, 3.8) is 0 Å². The van der Waals surface area contributed by atoms with Crippen molar-refractivity contribution in [1.82, 2.24) is 24.5 Å². The molecule has 0 atom stereocenters. The highest BCUT2D eigenvalue weighted by atomic mass is 32.1. The number of aryl methyl sites for hydroxylation is 1. The van der Waals surface area contributed by atoms with Crippen LogP contribution in [-0.2, 0) is 5.41 Å². The van der Waals surface area contributed by atoms with E-state index in [-0.39, 0.29) is 11.3 Å². The number of likely N-dealkylation sites (tertiary alicyclic amines) is 1. The topological polar surface area (TPSA) is 71.9 Å². The lowest BCUT2D eigenvalue weighted by Crippen LogP contribution is -2.38. The van der Waals surface area contributed by atoms with Gasteiger partial charge in [-0.2, -0.15) is 0 Å². The summed E-state index contributed by atoms with van der Waals surface area (Å²) in [6.07, 6.45) is 1.91. The minimum atomic E-state index is 0.0191. The summed E-state index contributed by atoms with van der Waals surface area (Å²) in [6, 6.07) is 0. The number of thiazole rings is 2. The first-order chi connectivity index (χ1) is 13.3. The van der Waals surface area contributed by atoms with E-state index < -0.39 is 0 Å². The van der Waals surface area contributed by atoms with E-state index in [1.54, 1.807) is 11.3 Å². The van der Waals surface area contributed by atoms with Crippen LogP contribution in [0.5, 0.6) is 0 Å². The second-order valence-electron chi connectivity index (χ2n) is 8.11. The molecule has 0 unspecified atom stereocenters. The SMILES string of the molecule is Cc1nnsc1-c1nc(C(=O)N2CCC(c3nc(C(C)(C)C)cs3)CC2)cs1. The molecule has 0 saturated carbocycles. The van der Waals surface area contributed by atoms with Crippen molar-refractivity contribution in [1.29, 1.82) is 0 Å². The van der Waals surface area contributed by atoms with E-state index in [1.165, 1.54) is 27.9 Å². The predicted molar refractivity (Wildman–Crippen MR) is 114 cm³/mol. The van der Waals surface area contributed by atoms with Gasteiger partial charge in [0.2, 0.25) is 0 Å². The van der Waals surface area contributed by atoms with Crippen LogP contribution in [0.3, 0.4) is 0 Å². The standard InChI is InChI=1S/C19H23N5OS3/c1-11-15(28-23-22-11)17-20-13(9-26-17)18(25)24-7-5-12(6-8-24)16-21-14(10-27-16)19(2,3)4/h9-10,12H,5-8H2,1-4H3. The summed E-state index contributed by atoms with van der Waals surface area (Å²) in [5, 5.41) is 10.1. The van der Waals surface area contributed by atoms with Gasteiger partial charge in [0, 0.05) is 35.2 Å². The van der Waals surface area contributed by atoms with E-state index in [2.05, 4.69) is 40.7 Å². The Hall–Kier alpha value is -1.71. The Morgan fingerprint density at radius 3 is 2.50 bits per heavy atom. The Balaban J connectivity index is 1.40. The molecule has 1 aliphatic heterocycles. The molecule has 0 bridgehead atoms. The second kappa shape index (κ2) is 7.61. The Bertz CT molecular complexity index is 976. The van der Waals surface area contributed by atoms with Crippen molar-refractivity contribution in [2.24, 2.45) is 0 Å². The van der Waals surface area contributed by atoms with Crippen LogP contribution < -0.4 is 0 Å². The molecular weight excluding hydrogens is 410 g/mol. The van der Waals surface area contributed by atoms with Gasteiger partial charge in [0.25, 0.3) is 5.91 Å². The molecule has 4 heterocycles. The minimum Gasteiger partial charge on any atom is -0.337 e. The second-order valence-corrected chi connectivity index (χ2v) is 10.6. The molecule has 0 spiro atoms. The van der Waals surface area contributed by atoms with Gasteiger partial charge < -0.3 is 4.90 Å². The van der Waals surface area contributed by atoms with E-state index in [0.29, 0.717) is 11.6 Å². The fourth-order valence-electron chi connectivity index (χ4n) is 3.22. The van der Waals surface area contributed by atoms with Crippen LogP contribution in [0.1, 0.15) is 66.4 Å². The Labute approximate surface area is 176 Å². The first kappa shape index (κ1) is 19.6. The van der Waals surface area contributed by atoms with E-state index in [1.807, 2.05) is 17.2 Å². The highest BCUT2D eigenvalue weighted by Gasteiger charge is 2.28. The number of nitrogens with zero attached hydrogens (tertiary/aromatic N) is 5. The molecule has 3 aromatic heterocycles. The lowest BCUT2D eigenvalue weighted by Gasteiger charge is -2.30. The summed E-state index contributed by atoms with van der Waals surface area (Å²) in [5.74, 6) is 0.465. The third-order valence-corrected chi connectivity index (χ3v) is 7.82. The number of carbonyl (C=O) groups is 1. The number of aromatic nitrogens is 4. The average Bonchev–Trinajstić information content (AvgIpc) is 3.40. The zero-order chi connectivity index (χ0) is 19.9. The van der Waals surface area contributed by atoms with Crippen molar-refractivity contribution in [2.75, 3.05) is 13.1 Å². The van der Waals surface area contributed by atoms with Gasteiger partial charge in [-0.1, -0.05) is 25.3 Å². The molecule has 1 saturated heterocycles. The van der Waals surface area contributed by atoms with Gasteiger partial charge in [0.05, 0.1) is 16.4 Å². The van der Waals surface area contributed by atoms with Crippen molar-refractivity contribution in [3.05, 3.63) is 32.8 Å². The Morgan fingerprint density at radius 1 is 1.14 bits per heavy atom. The van der Waals surface area contributed by atoms with Gasteiger partial charge in [-0.05, 0) is 31.3 Å². The maximum Gasteiger partial charge on any atom is 0.273 e. The number of hydrogen-bond acceptors (Lipinski definition) is 8. The van der Waals surface area contributed by atoms with Gasteiger partial charge >= 0.3 is 0 Å². The highest BCUT2D eigenvalue weighted by Crippen LogP contribution is 2.34. The highest BCUT2D eigenvalue weighted by molar-refractivity contribution is 7.18. The molecule has 0 radical (unpaired) electrons. The fourth-order valence-corrected chi connectivity index (χ4v) is 6.01. The van der Waals surface area contributed by atoms with Crippen LogP contribution in [0, 0.1) is 6.92 Å². The third-order valence-electron chi connectivity index (χ3n) is 4.99. The van der Waals surface area contributed by atoms with Crippen LogP contribution in [0.15, 0.2) is 10.8 Å². The zero-order valence-electron chi connectivity index (χ0n) is 16.4. The summed E-state index contributed by atoms with van der Waals surface area (Å²) < 4.78 is 3.95. The van der Waals surface area contributed by atoms with Crippen LogP contribution in [-0.4, -0.2) is 43.5 Å². The first-order valence-corrected chi connectivity index (χ1v) is 11.9. The van der Waals surface area contributed by atoms with Crippen LogP contribution in [0.25, 0.3) is 9.88 Å². The van der Waals surface area contributed by atoms with E-state index in [9.17, 15) is 4.79 Å². The maximum absolute atomic E-state index is 12.9. The van der Waals surface area contributed by atoms with Crippen molar-refractivity contribution >= 4 is 40.1 Å².